The van der Waals surface area contributed by atoms with Crippen molar-refractivity contribution in [3.05, 3.63) is 188 Å². The van der Waals surface area contributed by atoms with Gasteiger partial charge in [-0.1, -0.05) is 170 Å². The molecule has 0 saturated heterocycles. The normalized spacial score (nSPS) is 11.3. The standard InChI is InChI=1S/C46H31N3/c1-4-12-32(13-5-1)34-20-22-36(23-21-34)39-28-29-41-40-18-10-11-19-43(40)49(44(41)30-39)45-31-42(37-16-8-3-9-17-37)47-46(48-45)38-26-24-35(25-27-38)33-14-6-2-7-15-33/h1-31H. The lowest BCUT2D eigenvalue weighted by molar-refractivity contribution is 1.05. The molecule has 7 aromatic carbocycles. The Morgan fingerprint density at radius 2 is 0.755 bits per heavy atom. The second kappa shape index (κ2) is 12.2. The van der Waals surface area contributed by atoms with E-state index in [1.165, 1.54) is 33.0 Å². The number of hydrogen-bond donors (Lipinski definition) is 0. The summed E-state index contributed by atoms with van der Waals surface area (Å²) in [5, 5.41) is 2.38. The summed E-state index contributed by atoms with van der Waals surface area (Å²) in [6, 6.07) is 66.2. The van der Waals surface area contributed by atoms with Crippen LogP contribution in [0.3, 0.4) is 0 Å². The summed E-state index contributed by atoms with van der Waals surface area (Å²) in [6.07, 6.45) is 0. The molecule has 0 atom stereocenters. The summed E-state index contributed by atoms with van der Waals surface area (Å²) in [4.78, 5) is 10.4. The second-order valence-electron chi connectivity index (χ2n) is 12.3. The molecular formula is C46H31N3. The Hall–Kier alpha value is -6.58. The van der Waals surface area contributed by atoms with E-state index in [0.717, 1.165) is 44.8 Å². The molecular weight excluding hydrogens is 595 g/mol. The number of benzene rings is 7. The first-order chi connectivity index (χ1) is 24.3. The summed E-state index contributed by atoms with van der Waals surface area (Å²) in [7, 11) is 0. The van der Waals surface area contributed by atoms with Crippen LogP contribution in [0.4, 0.5) is 0 Å². The molecule has 9 rings (SSSR count). The van der Waals surface area contributed by atoms with Gasteiger partial charge in [0.25, 0.3) is 0 Å². The number of aromatic nitrogens is 3. The van der Waals surface area contributed by atoms with E-state index in [-0.39, 0.29) is 0 Å². The fourth-order valence-corrected chi connectivity index (χ4v) is 6.76. The Labute approximate surface area is 285 Å². The van der Waals surface area contributed by atoms with Crippen molar-refractivity contribution >= 4 is 21.8 Å². The van der Waals surface area contributed by atoms with Gasteiger partial charge in [0.1, 0.15) is 5.82 Å². The molecule has 0 unspecified atom stereocenters. The third-order valence-corrected chi connectivity index (χ3v) is 9.26. The highest BCUT2D eigenvalue weighted by Crippen LogP contribution is 2.36. The minimum absolute atomic E-state index is 0.689. The number of para-hydroxylation sites is 1. The highest BCUT2D eigenvalue weighted by molar-refractivity contribution is 6.10. The summed E-state index contributed by atoms with van der Waals surface area (Å²) >= 11 is 0. The fourth-order valence-electron chi connectivity index (χ4n) is 6.76. The zero-order valence-corrected chi connectivity index (χ0v) is 26.7. The summed E-state index contributed by atoms with van der Waals surface area (Å²) in [5.41, 5.74) is 12.2. The molecule has 2 aromatic heterocycles. The first-order valence-corrected chi connectivity index (χ1v) is 16.6. The van der Waals surface area contributed by atoms with Crippen LogP contribution in [0.25, 0.3) is 83.6 Å². The average Bonchev–Trinajstić information content (AvgIpc) is 3.52. The molecule has 9 aromatic rings. The van der Waals surface area contributed by atoms with Crippen molar-refractivity contribution in [1.82, 2.24) is 14.5 Å². The van der Waals surface area contributed by atoms with E-state index in [0.29, 0.717) is 5.82 Å². The fraction of sp³-hybridized carbons (Fsp3) is 0. The van der Waals surface area contributed by atoms with Gasteiger partial charge in [0.05, 0.1) is 16.7 Å². The van der Waals surface area contributed by atoms with E-state index in [1.54, 1.807) is 0 Å². The maximum Gasteiger partial charge on any atom is 0.162 e. The molecule has 0 radical (unpaired) electrons. The lowest BCUT2D eigenvalue weighted by Gasteiger charge is -2.13. The molecule has 2 heterocycles. The molecule has 0 N–H and O–H groups in total. The van der Waals surface area contributed by atoms with E-state index < -0.39 is 0 Å². The topological polar surface area (TPSA) is 30.7 Å². The molecule has 0 amide bonds. The Balaban J connectivity index is 1.21. The highest BCUT2D eigenvalue weighted by atomic mass is 15.1. The van der Waals surface area contributed by atoms with E-state index in [2.05, 4.69) is 180 Å². The van der Waals surface area contributed by atoms with Crippen molar-refractivity contribution in [3.8, 4) is 61.8 Å². The van der Waals surface area contributed by atoms with Gasteiger partial charge in [0, 0.05) is 28.0 Å². The van der Waals surface area contributed by atoms with Gasteiger partial charge in [0.15, 0.2) is 5.82 Å². The van der Waals surface area contributed by atoms with E-state index in [1.807, 2.05) is 12.1 Å². The molecule has 0 bridgehead atoms. The van der Waals surface area contributed by atoms with Crippen molar-refractivity contribution in [3.63, 3.8) is 0 Å². The Bertz CT molecular complexity index is 2550. The minimum Gasteiger partial charge on any atom is -0.294 e. The summed E-state index contributed by atoms with van der Waals surface area (Å²) in [6.45, 7) is 0. The van der Waals surface area contributed by atoms with Crippen molar-refractivity contribution < 1.29 is 0 Å². The van der Waals surface area contributed by atoms with Crippen LogP contribution >= 0.6 is 0 Å². The largest absolute Gasteiger partial charge is 0.294 e. The predicted molar refractivity (Wildman–Crippen MR) is 204 cm³/mol. The van der Waals surface area contributed by atoms with Crippen LogP contribution in [-0.4, -0.2) is 14.5 Å². The highest BCUT2D eigenvalue weighted by Gasteiger charge is 2.17. The predicted octanol–water partition coefficient (Wildman–Crippen LogP) is 11.9. The van der Waals surface area contributed by atoms with Gasteiger partial charge >= 0.3 is 0 Å². The number of nitrogens with zero attached hydrogens (tertiary/aromatic N) is 3. The first-order valence-electron chi connectivity index (χ1n) is 16.6. The van der Waals surface area contributed by atoms with Crippen molar-refractivity contribution in [1.29, 1.82) is 0 Å². The van der Waals surface area contributed by atoms with Crippen molar-refractivity contribution in [2.45, 2.75) is 0 Å². The first kappa shape index (κ1) is 28.6. The third kappa shape index (κ3) is 5.38. The van der Waals surface area contributed by atoms with Crippen LogP contribution in [0.15, 0.2) is 188 Å². The maximum atomic E-state index is 5.27. The molecule has 230 valence electrons. The lowest BCUT2D eigenvalue weighted by atomic mass is 9.99. The van der Waals surface area contributed by atoms with Gasteiger partial charge in [-0.15, -0.1) is 0 Å². The quantitative estimate of drug-likeness (QED) is 0.184. The third-order valence-electron chi connectivity index (χ3n) is 9.26. The van der Waals surface area contributed by atoms with Gasteiger partial charge in [-0.2, -0.15) is 0 Å². The van der Waals surface area contributed by atoms with Crippen LogP contribution in [0, 0.1) is 0 Å². The van der Waals surface area contributed by atoms with E-state index >= 15 is 0 Å². The van der Waals surface area contributed by atoms with Gasteiger partial charge in [-0.05, 0) is 45.5 Å². The SMILES string of the molecule is c1ccc(-c2ccc(-c3ccc4c5ccccc5n(-c5cc(-c6ccccc6)nc(-c6ccc(-c7ccccc7)cc6)n5)c4c3)cc2)cc1. The average molecular weight is 626 g/mol. The maximum absolute atomic E-state index is 5.27. The summed E-state index contributed by atoms with van der Waals surface area (Å²) < 4.78 is 2.29. The van der Waals surface area contributed by atoms with Crippen molar-refractivity contribution in [2.75, 3.05) is 0 Å². The molecule has 0 aliphatic rings. The van der Waals surface area contributed by atoms with Gasteiger partial charge in [0.2, 0.25) is 0 Å². The molecule has 3 heteroatoms. The monoisotopic (exact) mass is 625 g/mol. The van der Waals surface area contributed by atoms with E-state index in [9.17, 15) is 0 Å². The molecule has 0 aliphatic carbocycles. The molecule has 0 spiro atoms. The molecule has 0 aliphatic heterocycles. The Morgan fingerprint density at radius 3 is 1.37 bits per heavy atom. The van der Waals surface area contributed by atoms with Crippen LogP contribution in [0.2, 0.25) is 0 Å². The van der Waals surface area contributed by atoms with Gasteiger partial charge in [-0.3, -0.25) is 4.57 Å². The van der Waals surface area contributed by atoms with Gasteiger partial charge in [-0.25, -0.2) is 9.97 Å². The lowest BCUT2D eigenvalue weighted by Crippen LogP contribution is -2.02. The van der Waals surface area contributed by atoms with Crippen LogP contribution < -0.4 is 0 Å². The molecule has 3 nitrogen and oxygen atoms in total. The molecule has 0 fully saturated rings. The number of rotatable bonds is 6. The Kier molecular flexibility index (Phi) is 7.14. The van der Waals surface area contributed by atoms with Crippen molar-refractivity contribution in [2.24, 2.45) is 0 Å². The zero-order chi connectivity index (χ0) is 32.6. The molecule has 0 saturated carbocycles. The van der Waals surface area contributed by atoms with Crippen LogP contribution in [0.1, 0.15) is 0 Å². The summed E-state index contributed by atoms with van der Waals surface area (Å²) in [5.74, 6) is 1.52. The van der Waals surface area contributed by atoms with Crippen LogP contribution in [-0.2, 0) is 0 Å². The second-order valence-corrected chi connectivity index (χ2v) is 12.3. The van der Waals surface area contributed by atoms with Crippen LogP contribution in [0.5, 0.6) is 0 Å². The van der Waals surface area contributed by atoms with E-state index in [4.69, 9.17) is 9.97 Å². The number of hydrogen-bond acceptors (Lipinski definition) is 2. The smallest absolute Gasteiger partial charge is 0.162 e. The zero-order valence-electron chi connectivity index (χ0n) is 26.7. The van der Waals surface area contributed by atoms with Gasteiger partial charge < -0.3 is 0 Å². The Morgan fingerprint density at radius 1 is 0.306 bits per heavy atom. The minimum atomic E-state index is 0.689. The molecule has 49 heavy (non-hydrogen) atoms. The number of fused-ring (bicyclic) bond motifs is 3.